The quantitative estimate of drug-likeness (QED) is 0.675. The second-order valence-electron chi connectivity index (χ2n) is 5.48. The van der Waals surface area contributed by atoms with Crippen molar-refractivity contribution in [2.75, 3.05) is 25.1 Å². The Morgan fingerprint density at radius 3 is 2.90 bits per heavy atom. The highest BCUT2D eigenvalue weighted by Gasteiger charge is 2.31. The van der Waals surface area contributed by atoms with Gasteiger partial charge in [0.1, 0.15) is 11.4 Å². The van der Waals surface area contributed by atoms with Crippen molar-refractivity contribution in [3.8, 4) is 5.75 Å². The predicted molar refractivity (Wildman–Crippen MR) is 76.4 cm³/mol. The van der Waals surface area contributed by atoms with Gasteiger partial charge in [0, 0.05) is 37.3 Å². The smallest absolute Gasteiger partial charge is 0.292 e. The van der Waals surface area contributed by atoms with Crippen LogP contribution in [0.2, 0.25) is 0 Å². The first-order valence-corrected chi connectivity index (χ1v) is 7.01. The lowest BCUT2D eigenvalue weighted by molar-refractivity contribution is -0.384. The fourth-order valence-corrected chi connectivity index (χ4v) is 3.20. The Morgan fingerprint density at radius 1 is 1.35 bits per heavy atom. The molecule has 0 radical (unpaired) electrons. The van der Waals surface area contributed by atoms with E-state index in [4.69, 9.17) is 4.74 Å². The van der Waals surface area contributed by atoms with Crippen molar-refractivity contribution in [1.82, 2.24) is 5.32 Å². The molecule has 2 bridgehead atoms. The van der Waals surface area contributed by atoms with Gasteiger partial charge in [0.05, 0.1) is 12.0 Å². The van der Waals surface area contributed by atoms with Gasteiger partial charge >= 0.3 is 0 Å². The lowest BCUT2D eigenvalue weighted by atomic mass is 10.1. The molecule has 2 unspecified atom stereocenters. The van der Waals surface area contributed by atoms with Crippen molar-refractivity contribution in [1.29, 1.82) is 0 Å². The van der Waals surface area contributed by atoms with Crippen LogP contribution in [0, 0.1) is 10.1 Å². The number of ether oxygens (including phenoxy) is 1. The van der Waals surface area contributed by atoms with E-state index in [0.717, 1.165) is 25.9 Å². The van der Waals surface area contributed by atoms with E-state index in [1.807, 2.05) is 0 Å². The maximum atomic E-state index is 11.2. The van der Waals surface area contributed by atoms with Crippen LogP contribution in [0.5, 0.6) is 5.75 Å². The molecule has 0 aromatic heterocycles. The second kappa shape index (κ2) is 5.28. The lowest BCUT2D eigenvalue weighted by Gasteiger charge is -2.26. The maximum Gasteiger partial charge on any atom is 0.292 e. The zero-order valence-electron chi connectivity index (χ0n) is 11.5. The van der Waals surface area contributed by atoms with Gasteiger partial charge in [-0.25, -0.2) is 0 Å². The Labute approximate surface area is 117 Å². The van der Waals surface area contributed by atoms with E-state index in [-0.39, 0.29) is 10.6 Å². The first kappa shape index (κ1) is 13.2. The number of hydrogen-bond acceptors (Lipinski definition) is 5. The average Bonchev–Trinajstić information content (AvgIpc) is 2.77. The van der Waals surface area contributed by atoms with Crippen LogP contribution in [0.25, 0.3) is 0 Å². The number of methoxy groups -OCH3 is 1. The van der Waals surface area contributed by atoms with Gasteiger partial charge in [0.25, 0.3) is 5.69 Å². The molecule has 2 aliphatic heterocycles. The van der Waals surface area contributed by atoms with Crippen LogP contribution in [-0.2, 0) is 0 Å². The van der Waals surface area contributed by atoms with Crippen molar-refractivity contribution in [2.45, 2.75) is 31.3 Å². The minimum atomic E-state index is -0.314. The number of nitrogens with zero attached hydrogens (tertiary/aromatic N) is 2. The third-order valence-corrected chi connectivity index (χ3v) is 4.24. The fraction of sp³-hybridized carbons (Fsp3) is 0.571. The van der Waals surface area contributed by atoms with E-state index in [0.29, 0.717) is 23.5 Å². The fourth-order valence-electron chi connectivity index (χ4n) is 3.20. The first-order valence-electron chi connectivity index (χ1n) is 7.01. The molecule has 2 atom stereocenters. The Balaban J connectivity index is 1.93. The number of anilines is 1. The summed E-state index contributed by atoms with van der Waals surface area (Å²) in [4.78, 5) is 13.0. The van der Waals surface area contributed by atoms with Crippen LogP contribution in [0.15, 0.2) is 18.2 Å². The van der Waals surface area contributed by atoms with Gasteiger partial charge in [-0.3, -0.25) is 10.1 Å². The van der Waals surface area contributed by atoms with Gasteiger partial charge in [-0.1, -0.05) is 0 Å². The molecule has 2 aliphatic rings. The van der Waals surface area contributed by atoms with Gasteiger partial charge in [-0.15, -0.1) is 0 Å². The summed E-state index contributed by atoms with van der Waals surface area (Å²) in [5.74, 6) is 0.660. The van der Waals surface area contributed by atoms with Gasteiger partial charge in [0.15, 0.2) is 0 Å². The van der Waals surface area contributed by atoms with E-state index < -0.39 is 0 Å². The lowest BCUT2D eigenvalue weighted by Crippen LogP contribution is -2.35. The van der Waals surface area contributed by atoms with Crippen molar-refractivity contribution in [2.24, 2.45) is 0 Å². The predicted octanol–water partition coefficient (Wildman–Crippen LogP) is 1.93. The van der Waals surface area contributed by atoms with Gasteiger partial charge in [0.2, 0.25) is 0 Å². The highest BCUT2D eigenvalue weighted by molar-refractivity contribution is 5.66. The number of nitrogens with one attached hydrogen (secondary N) is 1. The minimum Gasteiger partial charge on any atom is -0.497 e. The number of nitro groups is 1. The summed E-state index contributed by atoms with van der Waals surface area (Å²) in [6.45, 7) is 1.67. The standard InChI is InChI=1S/C14H19N3O3/c1-20-12-4-5-13(17(18)19)14(8-12)16-7-6-10-2-3-11(9-16)15-10/h4-5,8,10-11,15H,2-3,6-7,9H2,1H3. The zero-order valence-corrected chi connectivity index (χ0v) is 11.5. The highest BCUT2D eigenvalue weighted by Crippen LogP contribution is 2.34. The minimum absolute atomic E-state index is 0.156. The second-order valence-corrected chi connectivity index (χ2v) is 5.48. The topological polar surface area (TPSA) is 67.6 Å². The highest BCUT2D eigenvalue weighted by atomic mass is 16.6. The molecular weight excluding hydrogens is 258 g/mol. The molecule has 0 aliphatic carbocycles. The number of nitro benzene ring substituents is 1. The van der Waals surface area contributed by atoms with Crippen LogP contribution in [0.1, 0.15) is 19.3 Å². The first-order chi connectivity index (χ1) is 9.67. The van der Waals surface area contributed by atoms with Gasteiger partial charge in [-0.05, 0) is 25.3 Å². The van der Waals surface area contributed by atoms with E-state index in [9.17, 15) is 10.1 Å². The molecule has 2 fully saturated rings. The Morgan fingerprint density at radius 2 is 2.15 bits per heavy atom. The SMILES string of the molecule is COc1ccc([N+](=O)[O-])c(N2CCC3CCC(C2)N3)c1. The van der Waals surface area contributed by atoms with E-state index in [1.165, 1.54) is 12.5 Å². The molecule has 6 nitrogen and oxygen atoms in total. The summed E-state index contributed by atoms with van der Waals surface area (Å²) >= 11 is 0. The van der Waals surface area contributed by atoms with Crippen molar-refractivity contribution in [3.05, 3.63) is 28.3 Å². The number of hydrogen-bond donors (Lipinski definition) is 1. The summed E-state index contributed by atoms with van der Waals surface area (Å²) in [6, 6.07) is 5.95. The van der Waals surface area contributed by atoms with Crippen molar-refractivity contribution >= 4 is 11.4 Å². The van der Waals surface area contributed by atoms with Gasteiger partial charge in [-0.2, -0.15) is 0 Å². The summed E-state index contributed by atoms with van der Waals surface area (Å²) in [7, 11) is 1.58. The van der Waals surface area contributed by atoms with Crippen LogP contribution in [-0.4, -0.2) is 37.2 Å². The van der Waals surface area contributed by atoms with Gasteiger partial charge < -0.3 is 15.0 Å². The average molecular weight is 277 g/mol. The molecule has 3 rings (SSSR count). The van der Waals surface area contributed by atoms with Crippen LogP contribution < -0.4 is 15.0 Å². The van der Waals surface area contributed by atoms with E-state index >= 15 is 0 Å². The summed E-state index contributed by atoms with van der Waals surface area (Å²) in [5, 5.41) is 14.8. The Bertz CT molecular complexity index is 520. The largest absolute Gasteiger partial charge is 0.497 e. The zero-order chi connectivity index (χ0) is 14.1. The molecule has 2 saturated heterocycles. The van der Waals surface area contributed by atoms with Crippen LogP contribution in [0.3, 0.4) is 0 Å². The summed E-state index contributed by atoms with van der Waals surface area (Å²) in [5.41, 5.74) is 0.826. The number of rotatable bonds is 3. The third-order valence-electron chi connectivity index (χ3n) is 4.24. The molecule has 1 N–H and O–H groups in total. The molecule has 2 heterocycles. The Hall–Kier alpha value is -1.82. The molecule has 20 heavy (non-hydrogen) atoms. The Kier molecular flexibility index (Phi) is 3.48. The molecule has 0 saturated carbocycles. The number of fused-ring (bicyclic) bond motifs is 2. The summed E-state index contributed by atoms with van der Waals surface area (Å²) < 4.78 is 5.21. The monoisotopic (exact) mass is 277 g/mol. The molecule has 6 heteroatoms. The van der Waals surface area contributed by atoms with E-state index in [2.05, 4.69) is 10.2 Å². The summed E-state index contributed by atoms with van der Waals surface area (Å²) in [6.07, 6.45) is 3.41. The van der Waals surface area contributed by atoms with Crippen molar-refractivity contribution in [3.63, 3.8) is 0 Å². The number of benzene rings is 1. The molecular formula is C14H19N3O3. The normalized spacial score (nSPS) is 25.4. The molecule has 0 amide bonds. The van der Waals surface area contributed by atoms with Crippen LogP contribution in [0.4, 0.5) is 11.4 Å². The molecule has 1 aromatic rings. The maximum absolute atomic E-state index is 11.2. The third kappa shape index (κ3) is 2.43. The molecule has 0 spiro atoms. The van der Waals surface area contributed by atoms with E-state index in [1.54, 1.807) is 19.2 Å². The molecule has 1 aromatic carbocycles. The molecule has 108 valence electrons. The van der Waals surface area contributed by atoms with Crippen molar-refractivity contribution < 1.29 is 9.66 Å². The van der Waals surface area contributed by atoms with Crippen LogP contribution >= 0.6 is 0 Å².